The summed E-state index contributed by atoms with van der Waals surface area (Å²) >= 11 is 0. The van der Waals surface area contributed by atoms with E-state index in [-0.39, 0.29) is 5.54 Å². The molecule has 5 nitrogen and oxygen atoms in total. The van der Waals surface area contributed by atoms with Crippen molar-refractivity contribution in [3.8, 4) is 0 Å². The predicted octanol–water partition coefficient (Wildman–Crippen LogP) is 2.48. The van der Waals surface area contributed by atoms with Crippen molar-refractivity contribution in [3.05, 3.63) is 11.8 Å². The van der Waals surface area contributed by atoms with Crippen LogP contribution in [0.25, 0.3) is 0 Å². The molecule has 1 aromatic heterocycles. The minimum atomic E-state index is -0.404. The minimum absolute atomic E-state index is 0.0730. The molecule has 110 valence electrons. The van der Waals surface area contributed by atoms with Gasteiger partial charge in [0.25, 0.3) is 5.91 Å². The normalized spacial score (nSPS) is 25.8. The second kappa shape index (κ2) is 4.79. The van der Waals surface area contributed by atoms with Gasteiger partial charge in [-0.1, -0.05) is 19.3 Å². The molecule has 2 heterocycles. The van der Waals surface area contributed by atoms with Crippen LogP contribution >= 0.6 is 0 Å². The number of carbonyl (C=O) groups excluding carboxylic acids is 1. The Morgan fingerprint density at radius 2 is 2.10 bits per heavy atom. The highest BCUT2D eigenvalue weighted by Gasteiger charge is 2.38. The predicted molar refractivity (Wildman–Crippen MR) is 78.7 cm³/mol. The standard InChI is InChI=1S/C15H24N4O/c1-15(2)8-12(10-6-4-3-5-7-10)18-14-11(13(16)20)9-17-19(14)15/h9-10,12,18H,3-8H2,1-2H3,(H2,16,20). The molecule has 1 atom stereocenters. The van der Waals surface area contributed by atoms with Crippen LogP contribution in [0.4, 0.5) is 5.82 Å². The zero-order valence-corrected chi connectivity index (χ0v) is 12.4. The van der Waals surface area contributed by atoms with Crippen LogP contribution in [-0.4, -0.2) is 21.7 Å². The Morgan fingerprint density at radius 3 is 2.75 bits per heavy atom. The fourth-order valence-corrected chi connectivity index (χ4v) is 3.80. The zero-order valence-electron chi connectivity index (χ0n) is 12.4. The van der Waals surface area contributed by atoms with E-state index < -0.39 is 5.91 Å². The van der Waals surface area contributed by atoms with Crippen molar-refractivity contribution in [3.63, 3.8) is 0 Å². The van der Waals surface area contributed by atoms with Crippen LogP contribution in [0.15, 0.2) is 6.20 Å². The molecule has 3 N–H and O–H groups in total. The van der Waals surface area contributed by atoms with Crippen molar-refractivity contribution in [2.75, 3.05) is 5.32 Å². The van der Waals surface area contributed by atoms with E-state index in [1.165, 1.54) is 32.1 Å². The van der Waals surface area contributed by atoms with Gasteiger partial charge in [-0.3, -0.25) is 4.79 Å². The van der Waals surface area contributed by atoms with Gasteiger partial charge >= 0.3 is 0 Å². The zero-order chi connectivity index (χ0) is 14.3. The fourth-order valence-electron chi connectivity index (χ4n) is 3.80. The lowest BCUT2D eigenvalue weighted by molar-refractivity contribution is 0.100. The van der Waals surface area contributed by atoms with Gasteiger partial charge in [0.15, 0.2) is 0 Å². The maximum absolute atomic E-state index is 11.6. The third-order valence-electron chi connectivity index (χ3n) is 4.87. The number of anilines is 1. The molecular formula is C15H24N4O. The summed E-state index contributed by atoms with van der Waals surface area (Å²) < 4.78 is 1.92. The van der Waals surface area contributed by atoms with Gasteiger partial charge in [-0.25, -0.2) is 4.68 Å². The van der Waals surface area contributed by atoms with Crippen molar-refractivity contribution >= 4 is 11.7 Å². The molecule has 1 saturated carbocycles. The first-order chi connectivity index (χ1) is 9.49. The number of hydrogen-bond donors (Lipinski definition) is 2. The maximum Gasteiger partial charge on any atom is 0.254 e. The summed E-state index contributed by atoms with van der Waals surface area (Å²) in [6.45, 7) is 4.37. The van der Waals surface area contributed by atoms with Crippen LogP contribution in [0.1, 0.15) is 62.7 Å². The Labute approximate surface area is 119 Å². The second-order valence-electron chi connectivity index (χ2n) is 6.85. The molecule has 0 saturated heterocycles. The number of nitrogens with two attached hydrogens (primary N) is 1. The Morgan fingerprint density at radius 1 is 1.40 bits per heavy atom. The number of amides is 1. The molecule has 3 rings (SSSR count). The number of primary amides is 1. The SMILES string of the molecule is CC1(C)CC(C2CCCCC2)Nc2c(C(N)=O)cnn21. The maximum atomic E-state index is 11.6. The highest BCUT2D eigenvalue weighted by Crippen LogP contribution is 2.39. The van der Waals surface area contributed by atoms with E-state index in [2.05, 4.69) is 24.3 Å². The van der Waals surface area contributed by atoms with Gasteiger partial charge in [-0.15, -0.1) is 0 Å². The first kappa shape index (κ1) is 13.5. The molecule has 2 aliphatic rings. The Balaban J connectivity index is 1.92. The Hall–Kier alpha value is -1.52. The molecule has 1 unspecified atom stereocenters. The minimum Gasteiger partial charge on any atom is -0.366 e. The second-order valence-corrected chi connectivity index (χ2v) is 6.85. The lowest BCUT2D eigenvalue weighted by Gasteiger charge is -2.42. The summed E-state index contributed by atoms with van der Waals surface area (Å²) in [5.41, 5.74) is 5.90. The van der Waals surface area contributed by atoms with E-state index in [4.69, 9.17) is 5.73 Å². The van der Waals surface area contributed by atoms with E-state index in [1.807, 2.05) is 4.68 Å². The summed E-state index contributed by atoms with van der Waals surface area (Å²) in [6, 6.07) is 0.424. The molecular weight excluding hydrogens is 252 g/mol. The topological polar surface area (TPSA) is 72.9 Å². The number of hydrogen-bond acceptors (Lipinski definition) is 3. The van der Waals surface area contributed by atoms with Crippen molar-refractivity contribution in [1.29, 1.82) is 0 Å². The molecule has 1 aromatic rings. The van der Waals surface area contributed by atoms with Gasteiger partial charge in [-0.05, 0) is 39.0 Å². The van der Waals surface area contributed by atoms with Crippen molar-refractivity contribution < 1.29 is 4.79 Å². The van der Waals surface area contributed by atoms with Gasteiger partial charge in [0.2, 0.25) is 0 Å². The van der Waals surface area contributed by atoms with Gasteiger partial charge in [0.1, 0.15) is 11.4 Å². The number of rotatable bonds is 2. The van der Waals surface area contributed by atoms with Crippen LogP contribution in [-0.2, 0) is 5.54 Å². The number of nitrogens with zero attached hydrogens (tertiary/aromatic N) is 2. The fraction of sp³-hybridized carbons (Fsp3) is 0.733. The molecule has 0 bridgehead atoms. The van der Waals surface area contributed by atoms with Gasteiger partial charge in [0, 0.05) is 6.04 Å². The quantitative estimate of drug-likeness (QED) is 0.871. The largest absolute Gasteiger partial charge is 0.366 e. The molecule has 1 amide bonds. The van der Waals surface area contributed by atoms with Crippen molar-refractivity contribution in [2.24, 2.45) is 11.7 Å². The Bertz CT molecular complexity index is 514. The first-order valence-electron chi connectivity index (χ1n) is 7.64. The lowest BCUT2D eigenvalue weighted by Crippen LogP contribution is -2.45. The first-order valence-corrected chi connectivity index (χ1v) is 7.64. The van der Waals surface area contributed by atoms with Crippen LogP contribution < -0.4 is 11.1 Å². The van der Waals surface area contributed by atoms with E-state index in [1.54, 1.807) is 6.20 Å². The lowest BCUT2D eigenvalue weighted by atomic mass is 9.78. The van der Waals surface area contributed by atoms with Crippen LogP contribution in [0.5, 0.6) is 0 Å². The molecule has 1 aliphatic heterocycles. The van der Waals surface area contributed by atoms with Crippen LogP contribution in [0.3, 0.4) is 0 Å². The van der Waals surface area contributed by atoms with E-state index in [0.717, 1.165) is 12.2 Å². The summed E-state index contributed by atoms with van der Waals surface area (Å²) in [6.07, 6.45) is 9.22. The number of carbonyl (C=O) groups is 1. The molecule has 5 heteroatoms. The summed E-state index contributed by atoms with van der Waals surface area (Å²) in [7, 11) is 0. The highest BCUT2D eigenvalue weighted by molar-refractivity contribution is 5.97. The van der Waals surface area contributed by atoms with E-state index in [0.29, 0.717) is 17.5 Å². The van der Waals surface area contributed by atoms with Gasteiger partial charge in [-0.2, -0.15) is 5.10 Å². The van der Waals surface area contributed by atoms with Gasteiger partial charge < -0.3 is 11.1 Å². The van der Waals surface area contributed by atoms with Crippen molar-refractivity contribution in [2.45, 2.75) is 64.0 Å². The van der Waals surface area contributed by atoms with E-state index in [9.17, 15) is 4.79 Å². The smallest absolute Gasteiger partial charge is 0.254 e. The number of fused-ring (bicyclic) bond motifs is 1. The molecule has 20 heavy (non-hydrogen) atoms. The monoisotopic (exact) mass is 276 g/mol. The molecule has 1 fully saturated rings. The molecule has 0 spiro atoms. The average Bonchev–Trinajstić information content (AvgIpc) is 2.84. The summed E-state index contributed by atoms with van der Waals surface area (Å²) in [4.78, 5) is 11.6. The molecule has 0 radical (unpaired) electrons. The van der Waals surface area contributed by atoms with Gasteiger partial charge in [0.05, 0.1) is 11.7 Å². The molecule has 0 aromatic carbocycles. The molecule has 1 aliphatic carbocycles. The Kier molecular flexibility index (Phi) is 3.22. The van der Waals surface area contributed by atoms with Crippen molar-refractivity contribution in [1.82, 2.24) is 9.78 Å². The summed E-state index contributed by atoms with van der Waals surface area (Å²) in [5.74, 6) is 1.11. The third kappa shape index (κ3) is 2.19. The number of nitrogens with one attached hydrogen (secondary N) is 1. The summed E-state index contributed by atoms with van der Waals surface area (Å²) in [5, 5.41) is 7.92. The van der Waals surface area contributed by atoms with E-state index >= 15 is 0 Å². The average molecular weight is 276 g/mol. The third-order valence-corrected chi connectivity index (χ3v) is 4.87. The van der Waals surface area contributed by atoms with Crippen LogP contribution in [0.2, 0.25) is 0 Å². The number of aromatic nitrogens is 2. The van der Waals surface area contributed by atoms with Crippen LogP contribution in [0, 0.1) is 5.92 Å². The highest BCUT2D eigenvalue weighted by atomic mass is 16.1.